The number of hydrogen-bond acceptors (Lipinski definition) is 5. The molecule has 0 aliphatic carbocycles. The zero-order chi connectivity index (χ0) is 19.7. The van der Waals surface area contributed by atoms with Gasteiger partial charge in [0.15, 0.2) is 11.5 Å². The van der Waals surface area contributed by atoms with Gasteiger partial charge in [-0.25, -0.2) is 4.98 Å². The van der Waals surface area contributed by atoms with E-state index in [9.17, 15) is 14.4 Å². The van der Waals surface area contributed by atoms with Crippen LogP contribution >= 0.6 is 0 Å². The molecular weight excluding hydrogens is 360 g/mol. The van der Waals surface area contributed by atoms with E-state index < -0.39 is 11.5 Å². The lowest BCUT2D eigenvalue weighted by atomic mass is 10.2. The molecule has 1 aliphatic heterocycles. The van der Waals surface area contributed by atoms with Crippen LogP contribution in [-0.4, -0.2) is 57.3 Å². The number of aromatic nitrogens is 2. The Morgan fingerprint density at radius 1 is 0.964 bits per heavy atom. The maximum absolute atomic E-state index is 13.0. The van der Waals surface area contributed by atoms with Gasteiger partial charge in [-0.1, -0.05) is 12.1 Å². The summed E-state index contributed by atoms with van der Waals surface area (Å²) >= 11 is 0. The van der Waals surface area contributed by atoms with Crippen LogP contribution < -0.4 is 5.56 Å². The topological polar surface area (TPSA) is 88.7 Å². The predicted molar refractivity (Wildman–Crippen MR) is 102 cm³/mol. The Balaban J connectivity index is 1.56. The Bertz CT molecular complexity index is 1090. The number of carbonyl (C=O) groups excluding carboxylic acids is 2. The number of para-hydroxylation sites is 2. The zero-order valence-corrected chi connectivity index (χ0v) is 15.5. The van der Waals surface area contributed by atoms with Crippen molar-refractivity contribution in [3.8, 4) is 0 Å². The number of rotatable bonds is 2. The van der Waals surface area contributed by atoms with Gasteiger partial charge in [0.05, 0.1) is 17.3 Å². The minimum atomic E-state index is -0.420. The van der Waals surface area contributed by atoms with Crippen molar-refractivity contribution in [1.29, 1.82) is 0 Å². The maximum Gasteiger partial charge on any atom is 0.289 e. The number of hydrogen-bond donors (Lipinski definition) is 0. The molecule has 0 unspecified atom stereocenters. The highest BCUT2D eigenvalue weighted by Gasteiger charge is 2.27. The van der Waals surface area contributed by atoms with E-state index in [0.29, 0.717) is 43.6 Å². The molecular formula is C20H20N4O4. The molecule has 0 bridgehead atoms. The first kappa shape index (κ1) is 18.0. The van der Waals surface area contributed by atoms with Crippen LogP contribution in [0.25, 0.3) is 11.0 Å². The molecule has 3 aromatic rings. The third-order valence-electron chi connectivity index (χ3n) is 4.99. The molecule has 4 rings (SSSR count). The molecule has 8 heteroatoms. The Kier molecular flexibility index (Phi) is 4.68. The number of fused-ring (bicyclic) bond motifs is 1. The normalized spacial score (nSPS) is 14.9. The number of benzene rings is 1. The molecule has 3 heterocycles. The van der Waals surface area contributed by atoms with Crippen LogP contribution in [0.15, 0.2) is 51.9 Å². The van der Waals surface area contributed by atoms with Gasteiger partial charge in [0.25, 0.3) is 17.4 Å². The summed E-state index contributed by atoms with van der Waals surface area (Å²) in [5.74, 6) is -0.317. The molecule has 144 valence electrons. The van der Waals surface area contributed by atoms with Gasteiger partial charge >= 0.3 is 0 Å². The summed E-state index contributed by atoms with van der Waals surface area (Å²) < 4.78 is 6.62. The lowest BCUT2D eigenvalue weighted by Gasteiger charge is -2.21. The molecule has 8 nitrogen and oxygen atoms in total. The highest BCUT2D eigenvalue weighted by Crippen LogP contribution is 2.13. The van der Waals surface area contributed by atoms with E-state index in [-0.39, 0.29) is 17.4 Å². The lowest BCUT2D eigenvalue weighted by molar-refractivity contribution is 0.0697. The SMILES string of the molecule is Cn1c(=O)c(C(=O)N2CCCN(C(=O)c3ccco3)CC2)nc2ccccc21. The highest BCUT2D eigenvalue weighted by atomic mass is 16.3. The number of carbonyl (C=O) groups is 2. The van der Waals surface area contributed by atoms with Crippen LogP contribution in [0.1, 0.15) is 27.5 Å². The van der Waals surface area contributed by atoms with E-state index in [1.165, 1.54) is 10.8 Å². The molecule has 0 N–H and O–H groups in total. The summed E-state index contributed by atoms with van der Waals surface area (Å²) in [6.07, 6.45) is 2.08. The van der Waals surface area contributed by atoms with E-state index in [4.69, 9.17) is 4.42 Å². The first-order valence-corrected chi connectivity index (χ1v) is 9.14. The van der Waals surface area contributed by atoms with Gasteiger partial charge in [0.2, 0.25) is 0 Å². The predicted octanol–water partition coefficient (Wildman–Crippen LogP) is 1.51. The molecule has 0 atom stereocenters. The lowest BCUT2D eigenvalue weighted by Crippen LogP contribution is -2.40. The van der Waals surface area contributed by atoms with Gasteiger partial charge in [-0.3, -0.25) is 14.4 Å². The molecule has 0 saturated carbocycles. The first-order chi connectivity index (χ1) is 13.6. The summed E-state index contributed by atoms with van der Waals surface area (Å²) in [6, 6.07) is 10.5. The van der Waals surface area contributed by atoms with Crippen molar-refractivity contribution in [2.45, 2.75) is 6.42 Å². The molecule has 1 saturated heterocycles. The van der Waals surface area contributed by atoms with Crippen LogP contribution in [0.2, 0.25) is 0 Å². The molecule has 1 fully saturated rings. The Labute approximate surface area is 161 Å². The van der Waals surface area contributed by atoms with Crippen molar-refractivity contribution in [1.82, 2.24) is 19.4 Å². The van der Waals surface area contributed by atoms with E-state index in [0.717, 1.165) is 0 Å². The van der Waals surface area contributed by atoms with Crippen LogP contribution in [0.4, 0.5) is 0 Å². The van der Waals surface area contributed by atoms with E-state index in [2.05, 4.69) is 4.98 Å². The Morgan fingerprint density at radius 3 is 2.39 bits per heavy atom. The fraction of sp³-hybridized carbons (Fsp3) is 0.300. The standard InChI is InChI=1S/C20H20N4O4/c1-22-15-7-3-2-6-14(15)21-17(19(22)26)20(27)24-10-5-9-23(11-12-24)18(25)16-8-4-13-28-16/h2-4,6-8,13H,5,9-12H2,1H3. The highest BCUT2D eigenvalue weighted by molar-refractivity contribution is 5.94. The number of aryl methyl sites for hydroxylation is 1. The van der Waals surface area contributed by atoms with Crippen LogP contribution in [0, 0.1) is 0 Å². The summed E-state index contributed by atoms with van der Waals surface area (Å²) in [5, 5.41) is 0. The average molecular weight is 380 g/mol. The fourth-order valence-corrected chi connectivity index (χ4v) is 3.45. The van der Waals surface area contributed by atoms with Crippen molar-refractivity contribution in [2.24, 2.45) is 7.05 Å². The van der Waals surface area contributed by atoms with Crippen molar-refractivity contribution in [3.05, 3.63) is 64.5 Å². The Morgan fingerprint density at radius 2 is 1.68 bits per heavy atom. The smallest absolute Gasteiger partial charge is 0.289 e. The number of furan rings is 1. The van der Waals surface area contributed by atoms with Gasteiger partial charge in [0, 0.05) is 33.2 Å². The van der Waals surface area contributed by atoms with Gasteiger partial charge in [-0.05, 0) is 30.7 Å². The second-order valence-corrected chi connectivity index (χ2v) is 6.73. The third-order valence-corrected chi connectivity index (χ3v) is 4.99. The summed E-state index contributed by atoms with van der Waals surface area (Å²) in [6.45, 7) is 1.69. The van der Waals surface area contributed by atoms with Crippen LogP contribution in [0.3, 0.4) is 0 Å². The van der Waals surface area contributed by atoms with Crippen LogP contribution in [-0.2, 0) is 7.05 Å². The average Bonchev–Trinajstić information content (AvgIpc) is 3.14. The van der Waals surface area contributed by atoms with Crippen molar-refractivity contribution in [2.75, 3.05) is 26.2 Å². The van der Waals surface area contributed by atoms with Crippen molar-refractivity contribution in [3.63, 3.8) is 0 Å². The van der Waals surface area contributed by atoms with Gasteiger partial charge in [-0.2, -0.15) is 0 Å². The molecule has 0 radical (unpaired) electrons. The van der Waals surface area contributed by atoms with Gasteiger partial charge in [0.1, 0.15) is 0 Å². The largest absolute Gasteiger partial charge is 0.459 e. The quantitative estimate of drug-likeness (QED) is 0.672. The summed E-state index contributed by atoms with van der Waals surface area (Å²) in [4.78, 5) is 45.7. The second-order valence-electron chi connectivity index (χ2n) is 6.73. The minimum Gasteiger partial charge on any atom is -0.459 e. The molecule has 28 heavy (non-hydrogen) atoms. The van der Waals surface area contributed by atoms with E-state index in [1.54, 1.807) is 41.1 Å². The molecule has 1 aliphatic rings. The van der Waals surface area contributed by atoms with Crippen molar-refractivity contribution < 1.29 is 14.0 Å². The molecule has 0 spiro atoms. The number of nitrogens with zero attached hydrogens (tertiary/aromatic N) is 4. The van der Waals surface area contributed by atoms with Crippen molar-refractivity contribution >= 4 is 22.8 Å². The van der Waals surface area contributed by atoms with Gasteiger partial charge in [-0.15, -0.1) is 0 Å². The molecule has 1 aromatic carbocycles. The minimum absolute atomic E-state index is 0.0907. The third kappa shape index (κ3) is 3.17. The monoisotopic (exact) mass is 380 g/mol. The maximum atomic E-state index is 13.0. The fourth-order valence-electron chi connectivity index (χ4n) is 3.45. The van der Waals surface area contributed by atoms with Crippen LogP contribution in [0.5, 0.6) is 0 Å². The molecule has 2 amide bonds. The van der Waals surface area contributed by atoms with E-state index >= 15 is 0 Å². The summed E-state index contributed by atoms with van der Waals surface area (Å²) in [7, 11) is 1.63. The van der Waals surface area contributed by atoms with E-state index in [1.807, 2.05) is 12.1 Å². The number of amides is 2. The second kappa shape index (κ2) is 7.30. The molecule has 2 aromatic heterocycles. The van der Waals surface area contributed by atoms with Gasteiger partial charge < -0.3 is 18.8 Å². The zero-order valence-electron chi connectivity index (χ0n) is 15.5. The first-order valence-electron chi connectivity index (χ1n) is 9.14. The summed E-state index contributed by atoms with van der Waals surface area (Å²) in [5.41, 5.74) is 0.760. The Hall–Kier alpha value is -3.42.